The van der Waals surface area contributed by atoms with Crippen LogP contribution in [-0.4, -0.2) is 24.9 Å². The molecule has 1 rings (SSSR count). The van der Waals surface area contributed by atoms with Gasteiger partial charge in [0.2, 0.25) is 0 Å². The molecule has 0 N–H and O–H groups in total. The number of hydrogen-bond donors (Lipinski definition) is 0. The molecule has 0 bridgehead atoms. The van der Waals surface area contributed by atoms with E-state index in [4.69, 9.17) is 9.47 Å². The van der Waals surface area contributed by atoms with E-state index in [1.54, 1.807) is 0 Å². The Kier molecular flexibility index (Phi) is 7.40. The molecule has 0 aliphatic carbocycles. The van der Waals surface area contributed by atoms with E-state index in [1.165, 1.54) is 5.57 Å². The van der Waals surface area contributed by atoms with E-state index in [2.05, 4.69) is 26.0 Å². The molecule has 1 aliphatic heterocycles. The van der Waals surface area contributed by atoms with Gasteiger partial charge in [0.15, 0.2) is 0 Å². The van der Waals surface area contributed by atoms with Crippen molar-refractivity contribution >= 4 is 0 Å². The molecule has 0 spiro atoms. The van der Waals surface area contributed by atoms with Crippen molar-refractivity contribution in [1.82, 2.24) is 0 Å². The molecular weight excluding hydrogens is 212 g/mol. The van der Waals surface area contributed by atoms with Crippen LogP contribution < -0.4 is 0 Å². The second kappa shape index (κ2) is 7.67. The van der Waals surface area contributed by atoms with E-state index in [0.29, 0.717) is 13.2 Å². The Morgan fingerprint density at radius 3 is 2.59 bits per heavy atom. The van der Waals surface area contributed by atoms with Gasteiger partial charge in [-0.05, 0) is 46.1 Å². The molecule has 0 amide bonds. The van der Waals surface area contributed by atoms with E-state index < -0.39 is 0 Å². The minimum atomic E-state index is 0. The summed E-state index contributed by atoms with van der Waals surface area (Å²) >= 11 is 0. The average molecular weight is 240 g/mol. The lowest BCUT2D eigenvalue weighted by atomic mass is 10.1. The van der Waals surface area contributed by atoms with Crippen LogP contribution in [0.5, 0.6) is 0 Å². The lowest BCUT2D eigenvalue weighted by Gasteiger charge is -2.19. The van der Waals surface area contributed by atoms with Gasteiger partial charge in [-0.1, -0.05) is 25.7 Å². The van der Waals surface area contributed by atoms with E-state index in [0.717, 1.165) is 12.8 Å². The first-order chi connectivity index (χ1) is 7.57. The summed E-state index contributed by atoms with van der Waals surface area (Å²) in [5, 5.41) is 0. The molecule has 1 atom stereocenters. The monoisotopic (exact) mass is 240 g/mol. The third-order valence-corrected chi connectivity index (χ3v) is 2.88. The highest BCUT2D eigenvalue weighted by Gasteiger charge is 2.31. The Morgan fingerprint density at radius 2 is 2.12 bits per heavy atom. The molecule has 0 aromatic rings. The van der Waals surface area contributed by atoms with Crippen molar-refractivity contribution in [3.05, 3.63) is 23.8 Å². The van der Waals surface area contributed by atoms with Gasteiger partial charge in [0, 0.05) is 0 Å². The third kappa shape index (κ3) is 6.04. The highest BCUT2D eigenvalue weighted by Crippen LogP contribution is 2.29. The molecule has 1 unspecified atom stereocenters. The maximum atomic E-state index is 5.86. The molecule has 0 saturated carbocycles. The summed E-state index contributed by atoms with van der Waals surface area (Å²) < 4.78 is 11.5. The number of ether oxygens (including phenoxy) is 2. The number of hydrogen-bond acceptors (Lipinski definition) is 2. The van der Waals surface area contributed by atoms with Crippen LogP contribution in [0.2, 0.25) is 0 Å². The lowest BCUT2D eigenvalue weighted by Crippen LogP contribution is -2.23. The molecule has 2 nitrogen and oxygen atoms in total. The Morgan fingerprint density at radius 1 is 1.41 bits per heavy atom. The largest absolute Gasteiger partial charge is 0.374 e. The van der Waals surface area contributed by atoms with Crippen molar-refractivity contribution < 1.29 is 9.47 Å². The Bertz CT molecular complexity index is 264. The summed E-state index contributed by atoms with van der Waals surface area (Å²) in [6, 6.07) is 0. The van der Waals surface area contributed by atoms with Crippen LogP contribution >= 0.6 is 0 Å². The predicted octanol–water partition coefficient (Wildman–Crippen LogP) is 4.12. The molecule has 0 aromatic carbocycles. The second-order valence-corrected chi connectivity index (χ2v) is 4.92. The SMILES string of the molecule is C.C/C=C\C(=C/C)COCC1CCC(C)(C)O1. The zero-order valence-corrected chi connectivity index (χ0v) is 11.0. The second-order valence-electron chi connectivity index (χ2n) is 4.92. The third-order valence-electron chi connectivity index (χ3n) is 2.88. The van der Waals surface area contributed by atoms with Crippen LogP contribution in [-0.2, 0) is 9.47 Å². The molecule has 1 saturated heterocycles. The van der Waals surface area contributed by atoms with Crippen molar-refractivity contribution in [1.29, 1.82) is 0 Å². The summed E-state index contributed by atoms with van der Waals surface area (Å²) in [7, 11) is 0. The average Bonchev–Trinajstić information content (AvgIpc) is 2.57. The molecule has 1 aliphatic rings. The van der Waals surface area contributed by atoms with E-state index in [-0.39, 0.29) is 19.1 Å². The normalized spacial score (nSPS) is 24.0. The predicted molar refractivity (Wildman–Crippen MR) is 74.3 cm³/mol. The minimum Gasteiger partial charge on any atom is -0.374 e. The van der Waals surface area contributed by atoms with Crippen molar-refractivity contribution in [2.24, 2.45) is 0 Å². The van der Waals surface area contributed by atoms with Crippen LogP contribution in [0.25, 0.3) is 0 Å². The summed E-state index contributed by atoms with van der Waals surface area (Å²) in [6.07, 6.45) is 8.72. The molecule has 1 fully saturated rings. The fourth-order valence-electron chi connectivity index (χ4n) is 1.94. The molecule has 17 heavy (non-hydrogen) atoms. The maximum absolute atomic E-state index is 5.86. The fourth-order valence-corrected chi connectivity index (χ4v) is 1.94. The van der Waals surface area contributed by atoms with Gasteiger partial charge in [0.1, 0.15) is 0 Å². The minimum absolute atomic E-state index is 0. The van der Waals surface area contributed by atoms with Gasteiger partial charge >= 0.3 is 0 Å². The van der Waals surface area contributed by atoms with Crippen LogP contribution in [0.3, 0.4) is 0 Å². The highest BCUT2D eigenvalue weighted by molar-refractivity contribution is 5.17. The standard InChI is InChI=1S/C14H24O2.CH4/c1-5-7-12(6-2)10-15-11-13-8-9-14(3,4)16-13;/h5-7,13H,8-11H2,1-4H3;1H4/b7-5-,12-6+;. The van der Waals surface area contributed by atoms with Gasteiger partial charge in [0.05, 0.1) is 24.9 Å². The molecule has 0 aromatic heterocycles. The van der Waals surface area contributed by atoms with Crippen molar-refractivity contribution in [2.75, 3.05) is 13.2 Å². The Hall–Kier alpha value is -0.600. The van der Waals surface area contributed by atoms with Gasteiger partial charge in [-0.2, -0.15) is 0 Å². The van der Waals surface area contributed by atoms with Crippen LogP contribution in [0.15, 0.2) is 23.8 Å². The van der Waals surface area contributed by atoms with E-state index >= 15 is 0 Å². The lowest BCUT2D eigenvalue weighted by molar-refractivity contribution is -0.0500. The van der Waals surface area contributed by atoms with Gasteiger partial charge < -0.3 is 9.47 Å². The van der Waals surface area contributed by atoms with Gasteiger partial charge in [0.25, 0.3) is 0 Å². The maximum Gasteiger partial charge on any atom is 0.0817 e. The molecule has 2 heteroatoms. The summed E-state index contributed by atoms with van der Waals surface area (Å²) in [4.78, 5) is 0. The number of rotatable bonds is 5. The summed E-state index contributed by atoms with van der Waals surface area (Å²) in [6.45, 7) is 9.73. The smallest absolute Gasteiger partial charge is 0.0817 e. The first-order valence-corrected chi connectivity index (χ1v) is 6.11. The van der Waals surface area contributed by atoms with Crippen LogP contribution in [0, 0.1) is 0 Å². The first-order valence-electron chi connectivity index (χ1n) is 6.11. The van der Waals surface area contributed by atoms with E-state index in [1.807, 2.05) is 19.9 Å². The Labute approximate surface area is 107 Å². The molecule has 1 heterocycles. The van der Waals surface area contributed by atoms with Gasteiger partial charge in [-0.3, -0.25) is 0 Å². The summed E-state index contributed by atoms with van der Waals surface area (Å²) in [5.41, 5.74) is 1.26. The molecular formula is C15H28O2. The van der Waals surface area contributed by atoms with Gasteiger partial charge in [-0.15, -0.1) is 0 Å². The summed E-state index contributed by atoms with van der Waals surface area (Å²) in [5.74, 6) is 0. The van der Waals surface area contributed by atoms with Crippen molar-refractivity contribution in [3.8, 4) is 0 Å². The zero-order chi connectivity index (χ0) is 12.0. The van der Waals surface area contributed by atoms with E-state index in [9.17, 15) is 0 Å². The fraction of sp³-hybridized carbons (Fsp3) is 0.733. The quantitative estimate of drug-likeness (QED) is 0.673. The first kappa shape index (κ1) is 16.4. The van der Waals surface area contributed by atoms with Crippen molar-refractivity contribution in [3.63, 3.8) is 0 Å². The van der Waals surface area contributed by atoms with Crippen LogP contribution in [0.4, 0.5) is 0 Å². The number of allylic oxidation sites excluding steroid dienone is 2. The zero-order valence-electron chi connectivity index (χ0n) is 11.0. The van der Waals surface area contributed by atoms with Gasteiger partial charge in [-0.25, -0.2) is 0 Å². The van der Waals surface area contributed by atoms with Crippen LogP contribution in [0.1, 0.15) is 48.0 Å². The molecule has 0 radical (unpaired) electrons. The van der Waals surface area contributed by atoms with Crippen molar-refractivity contribution in [2.45, 2.75) is 59.7 Å². The topological polar surface area (TPSA) is 18.5 Å². The Balaban J connectivity index is 0.00000256. The molecule has 100 valence electrons. The highest BCUT2D eigenvalue weighted by atomic mass is 16.5.